The van der Waals surface area contributed by atoms with E-state index in [4.69, 9.17) is 9.16 Å². The molecule has 0 fully saturated rings. The van der Waals surface area contributed by atoms with E-state index in [1.807, 2.05) is 54.9 Å². The summed E-state index contributed by atoms with van der Waals surface area (Å²) in [7, 11) is -0.356. The molecule has 5 nitrogen and oxygen atoms in total. The molecule has 2 aromatic rings. The van der Waals surface area contributed by atoms with Gasteiger partial charge in [0, 0.05) is 12.6 Å². The Kier molecular flexibility index (Phi) is 6.18. The Bertz CT molecular complexity index is 1040. The van der Waals surface area contributed by atoms with E-state index in [1.54, 1.807) is 6.92 Å². The molecule has 1 atom stereocenters. The van der Waals surface area contributed by atoms with Gasteiger partial charge in [-0.25, -0.2) is 4.79 Å². The van der Waals surface area contributed by atoms with E-state index in [0.29, 0.717) is 28.1 Å². The number of aromatic nitrogens is 1. The predicted molar refractivity (Wildman–Crippen MR) is 126 cm³/mol. The van der Waals surface area contributed by atoms with Crippen LogP contribution in [0.1, 0.15) is 67.1 Å². The lowest BCUT2D eigenvalue weighted by atomic mass is 9.91. The van der Waals surface area contributed by atoms with Crippen LogP contribution >= 0.6 is 0 Å². The maximum absolute atomic E-state index is 13.2. The van der Waals surface area contributed by atoms with Crippen molar-refractivity contribution in [3.63, 3.8) is 0 Å². The van der Waals surface area contributed by atoms with Gasteiger partial charge in [0.1, 0.15) is 0 Å². The van der Waals surface area contributed by atoms with Crippen LogP contribution in [-0.4, -0.2) is 31.2 Å². The minimum atomic E-state index is -2.19. The second-order valence-corrected chi connectivity index (χ2v) is 14.4. The molecule has 1 aliphatic rings. The van der Waals surface area contributed by atoms with Gasteiger partial charge >= 0.3 is 5.97 Å². The fourth-order valence-electron chi connectivity index (χ4n) is 3.76. The third-order valence-electron chi connectivity index (χ3n) is 6.45. The third-order valence-corrected chi connectivity index (χ3v) is 10.9. The molecule has 0 bridgehead atoms. The van der Waals surface area contributed by atoms with Crippen molar-refractivity contribution >= 4 is 20.1 Å². The van der Waals surface area contributed by atoms with E-state index < -0.39 is 20.4 Å². The summed E-state index contributed by atoms with van der Waals surface area (Å²) < 4.78 is 14.0. The first-order chi connectivity index (χ1) is 14.4. The van der Waals surface area contributed by atoms with Gasteiger partial charge in [-0.2, -0.15) is 0 Å². The summed E-state index contributed by atoms with van der Waals surface area (Å²) in [5, 5.41) is -0.0164. The number of hydrogen-bond acceptors (Lipinski definition) is 4. The molecule has 1 heterocycles. The molecule has 0 amide bonds. The second kappa shape index (κ2) is 8.24. The molecule has 0 aliphatic heterocycles. The van der Waals surface area contributed by atoms with Crippen molar-refractivity contribution in [3.8, 4) is 11.3 Å². The quantitative estimate of drug-likeness (QED) is 0.419. The number of hydrogen-bond donors (Lipinski definition) is 0. The summed E-state index contributed by atoms with van der Waals surface area (Å²) in [6, 6.07) is 9.66. The van der Waals surface area contributed by atoms with Crippen LogP contribution in [0, 0.1) is 0 Å². The number of benzene rings is 1. The largest absolute Gasteiger partial charge is 0.462 e. The molecule has 0 N–H and O–H groups in total. The molecule has 0 saturated carbocycles. The minimum Gasteiger partial charge on any atom is -0.462 e. The molecule has 1 aromatic carbocycles. The molecular weight excluding hydrogens is 406 g/mol. The van der Waals surface area contributed by atoms with Crippen LogP contribution in [0.5, 0.6) is 0 Å². The monoisotopic (exact) mass is 439 g/mol. The van der Waals surface area contributed by atoms with Gasteiger partial charge in [-0.05, 0) is 49.2 Å². The van der Waals surface area contributed by atoms with Gasteiger partial charge in [0.05, 0.1) is 29.7 Å². The van der Waals surface area contributed by atoms with Gasteiger partial charge < -0.3 is 13.7 Å². The molecule has 1 aliphatic carbocycles. The Morgan fingerprint density at radius 1 is 1.13 bits per heavy atom. The number of rotatable bonds is 5. The molecule has 0 spiro atoms. The summed E-state index contributed by atoms with van der Waals surface area (Å²) in [4.78, 5) is 26.4. The van der Waals surface area contributed by atoms with E-state index >= 15 is 0 Å². The Morgan fingerprint density at radius 2 is 1.74 bits per heavy atom. The van der Waals surface area contributed by atoms with E-state index in [2.05, 4.69) is 33.9 Å². The molecule has 0 saturated heterocycles. The smallest absolute Gasteiger partial charge is 0.340 e. The molecule has 31 heavy (non-hydrogen) atoms. The first-order valence-corrected chi connectivity index (χ1v) is 13.7. The molecular formula is C25H33NO4Si. The van der Waals surface area contributed by atoms with Crippen molar-refractivity contribution in [1.82, 2.24) is 4.57 Å². The first kappa shape index (κ1) is 23.2. The van der Waals surface area contributed by atoms with Crippen LogP contribution in [0.3, 0.4) is 0 Å². The van der Waals surface area contributed by atoms with Crippen LogP contribution in [-0.2, 0) is 16.2 Å². The number of Topliss-reactive ketones (excluding diaryl/α,β-unsaturated/α-hetero) is 1. The number of nitrogens with zero attached hydrogens (tertiary/aromatic N) is 1. The predicted octanol–water partition coefficient (Wildman–Crippen LogP) is 6.07. The SMILES string of the molecule is CCOC(=O)c1c2c(n(C)c1-c1ccccc1)C(=O)C(C)=CC2O[Si](C)(C)C(C)(C)C. The average Bonchev–Trinajstić information content (AvgIpc) is 2.99. The fourth-order valence-corrected chi connectivity index (χ4v) is 4.94. The first-order valence-electron chi connectivity index (χ1n) is 10.8. The van der Waals surface area contributed by atoms with Crippen molar-refractivity contribution in [1.29, 1.82) is 0 Å². The maximum Gasteiger partial charge on any atom is 0.340 e. The van der Waals surface area contributed by atoms with Gasteiger partial charge in [0.25, 0.3) is 0 Å². The van der Waals surface area contributed by atoms with Gasteiger partial charge in [0.2, 0.25) is 5.78 Å². The highest BCUT2D eigenvalue weighted by Crippen LogP contribution is 2.45. The van der Waals surface area contributed by atoms with Crippen molar-refractivity contribution in [3.05, 3.63) is 58.8 Å². The Morgan fingerprint density at radius 3 is 2.29 bits per heavy atom. The van der Waals surface area contributed by atoms with Crippen LogP contribution in [0.2, 0.25) is 18.1 Å². The number of carbonyl (C=O) groups excluding carboxylic acids is 2. The zero-order chi connectivity index (χ0) is 23.1. The molecule has 6 heteroatoms. The van der Waals surface area contributed by atoms with Crippen molar-refractivity contribution in [2.45, 2.75) is 58.9 Å². The summed E-state index contributed by atoms with van der Waals surface area (Å²) in [6.07, 6.45) is 1.39. The average molecular weight is 440 g/mol. The van der Waals surface area contributed by atoms with E-state index in [0.717, 1.165) is 5.56 Å². The summed E-state index contributed by atoms with van der Waals surface area (Å²) in [5.41, 5.74) is 3.73. The molecule has 3 rings (SSSR count). The normalized spacial score (nSPS) is 16.7. The third kappa shape index (κ3) is 4.06. The fraction of sp³-hybridized carbons (Fsp3) is 0.440. The highest BCUT2D eigenvalue weighted by atomic mass is 28.4. The molecule has 166 valence electrons. The summed E-state index contributed by atoms with van der Waals surface area (Å²) >= 11 is 0. The highest BCUT2D eigenvalue weighted by molar-refractivity contribution is 6.74. The number of allylic oxidation sites excluding steroid dienone is 1. The van der Waals surface area contributed by atoms with Crippen molar-refractivity contribution in [2.24, 2.45) is 7.05 Å². The Labute approximate surface area is 186 Å². The van der Waals surface area contributed by atoms with Gasteiger partial charge in [0.15, 0.2) is 8.32 Å². The van der Waals surface area contributed by atoms with Crippen LogP contribution in [0.4, 0.5) is 0 Å². The van der Waals surface area contributed by atoms with Crippen molar-refractivity contribution < 1.29 is 18.8 Å². The lowest BCUT2D eigenvalue weighted by molar-refractivity contribution is 0.0523. The maximum atomic E-state index is 13.2. The number of ketones is 1. The van der Waals surface area contributed by atoms with E-state index in [9.17, 15) is 9.59 Å². The van der Waals surface area contributed by atoms with Crippen LogP contribution in [0.25, 0.3) is 11.3 Å². The number of fused-ring (bicyclic) bond motifs is 1. The zero-order valence-electron chi connectivity index (χ0n) is 19.8. The number of ether oxygens (including phenoxy) is 1. The van der Waals surface area contributed by atoms with Crippen LogP contribution < -0.4 is 0 Å². The van der Waals surface area contributed by atoms with E-state index in [-0.39, 0.29) is 17.4 Å². The number of carbonyl (C=O) groups is 2. The van der Waals surface area contributed by atoms with Gasteiger partial charge in [-0.1, -0.05) is 51.1 Å². The summed E-state index contributed by atoms with van der Waals surface area (Å²) in [6.45, 7) is 14.7. The lowest BCUT2D eigenvalue weighted by Gasteiger charge is -2.39. The minimum absolute atomic E-state index is 0.0164. The topological polar surface area (TPSA) is 57.5 Å². The van der Waals surface area contributed by atoms with E-state index in [1.165, 1.54) is 0 Å². The van der Waals surface area contributed by atoms with Gasteiger partial charge in [-0.15, -0.1) is 0 Å². The highest BCUT2D eigenvalue weighted by Gasteiger charge is 2.43. The molecule has 1 aromatic heterocycles. The Hall–Kier alpha value is -2.44. The number of esters is 1. The summed E-state index contributed by atoms with van der Waals surface area (Å²) in [5.74, 6) is -0.511. The zero-order valence-corrected chi connectivity index (χ0v) is 20.8. The Balaban J connectivity index is 2.31. The standard InChI is InChI=1S/C25H33NO4Si/c1-9-29-24(28)20-19-18(30-31(7,8)25(3,4)5)15-16(2)23(27)22(19)26(6)21(20)17-13-11-10-12-14-17/h10-15,18H,9H2,1-8H3. The van der Waals surface area contributed by atoms with Gasteiger partial charge in [-0.3, -0.25) is 4.79 Å². The molecule has 1 unspecified atom stereocenters. The lowest BCUT2D eigenvalue weighted by Crippen LogP contribution is -2.42. The van der Waals surface area contributed by atoms with Crippen LogP contribution in [0.15, 0.2) is 42.0 Å². The molecule has 0 radical (unpaired) electrons. The van der Waals surface area contributed by atoms with Crippen molar-refractivity contribution in [2.75, 3.05) is 6.61 Å². The second-order valence-electron chi connectivity index (χ2n) is 9.61.